The van der Waals surface area contributed by atoms with Crippen LogP contribution in [0.5, 0.6) is 0 Å². The summed E-state index contributed by atoms with van der Waals surface area (Å²) in [4.78, 5) is 0. The summed E-state index contributed by atoms with van der Waals surface area (Å²) in [5, 5.41) is 17.5. The zero-order valence-corrected chi connectivity index (χ0v) is 7.73. The van der Waals surface area contributed by atoms with Gasteiger partial charge in [0, 0.05) is 0 Å². The van der Waals surface area contributed by atoms with Crippen LogP contribution in [0.4, 0.5) is 0 Å². The van der Waals surface area contributed by atoms with Gasteiger partial charge in [-0.2, -0.15) is 5.26 Å². The molecule has 3 N–H and O–H groups in total. The molecule has 0 spiro atoms. The molecule has 0 aromatic rings. The van der Waals surface area contributed by atoms with E-state index in [2.05, 4.69) is 0 Å². The summed E-state index contributed by atoms with van der Waals surface area (Å²) in [7, 11) is 0. The zero-order valence-electron chi connectivity index (χ0n) is 7.73. The minimum atomic E-state index is -0.771. The topological polar surface area (TPSA) is 88.5 Å². The van der Waals surface area contributed by atoms with Gasteiger partial charge in [0.15, 0.2) is 5.79 Å². The summed E-state index contributed by atoms with van der Waals surface area (Å²) >= 11 is 0. The molecule has 0 bridgehead atoms. The molecule has 74 valence electrons. The molecule has 0 radical (unpaired) electrons. The quantitative estimate of drug-likeness (QED) is 0.598. The molecular weight excluding hydrogens is 172 g/mol. The van der Waals surface area contributed by atoms with E-state index in [1.54, 1.807) is 13.8 Å². The van der Waals surface area contributed by atoms with Crippen LogP contribution in [-0.4, -0.2) is 35.8 Å². The fourth-order valence-electron chi connectivity index (χ4n) is 1.38. The number of hydrogen-bond donors (Lipinski definition) is 2. The van der Waals surface area contributed by atoms with E-state index in [0.717, 1.165) is 0 Å². The van der Waals surface area contributed by atoms with E-state index in [4.69, 9.17) is 25.6 Å². The largest absolute Gasteiger partial charge is 0.394 e. The number of ether oxygens (including phenoxy) is 2. The Morgan fingerprint density at radius 3 is 2.69 bits per heavy atom. The first-order valence-electron chi connectivity index (χ1n) is 4.12. The van der Waals surface area contributed by atoms with Gasteiger partial charge in [0.25, 0.3) is 0 Å². The van der Waals surface area contributed by atoms with Crippen LogP contribution in [-0.2, 0) is 9.47 Å². The zero-order chi connectivity index (χ0) is 10.1. The van der Waals surface area contributed by atoms with Gasteiger partial charge in [-0.3, -0.25) is 0 Å². The van der Waals surface area contributed by atoms with Crippen molar-refractivity contribution in [3.05, 3.63) is 0 Å². The molecule has 0 amide bonds. The molecule has 0 aromatic heterocycles. The Morgan fingerprint density at radius 2 is 2.23 bits per heavy atom. The highest BCUT2D eigenvalue weighted by Crippen LogP contribution is 2.28. The number of nitrogens with two attached hydrogens (primary N) is 1. The second kappa shape index (κ2) is 3.60. The highest BCUT2D eigenvalue weighted by Gasteiger charge is 2.43. The maximum Gasteiger partial charge on any atom is 0.164 e. The number of nitrogens with zero attached hydrogens (tertiary/aromatic N) is 1. The summed E-state index contributed by atoms with van der Waals surface area (Å²) in [6.07, 6.45) is -1.06. The van der Waals surface area contributed by atoms with E-state index in [1.807, 2.05) is 6.07 Å². The normalized spacial score (nSPS) is 34.1. The lowest BCUT2D eigenvalue weighted by atomic mass is 10.1. The fourth-order valence-corrected chi connectivity index (χ4v) is 1.38. The van der Waals surface area contributed by atoms with Crippen molar-refractivity contribution in [1.82, 2.24) is 0 Å². The van der Waals surface area contributed by atoms with Crippen molar-refractivity contribution in [3.8, 4) is 6.07 Å². The van der Waals surface area contributed by atoms with Gasteiger partial charge in [-0.15, -0.1) is 0 Å². The predicted molar refractivity (Wildman–Crippen MR) is 44.5 cm³/mol. The van der Waals surface area contributed by atoms with Crippen LogP contribution in [0.3, 0.4) is 0 Å². The van der Waals surface area contributed by atoms with Crippen molar-refractivity contribution in [3.63, 3.8) is 0 Å². The van der Waals surface area contributed by atoms with Gasteiger partial charge >= 0.3 is 0 Å². The molecule has 0 unspecified atom stereocenters. The summed E-state index contributed by atoms with van der Waals surface area (Å²) in [6.45, 7) is 3.25. The average molecular weight is 186 g/mol. The lowest BCUT2D eigenvalue weighted by Gasteiger charge is -2.17. The molecular formula is C8H14N2O3. The fraction of sp³-hybridized carbons (Fsp3) is 0.875. The Morgan fingerprint density at radius 1 is 1.62 bits per heavy atom. The molecule has 3 atom stereocenters. The molecule has 13 heavy (non-hydrogen) atoms. The maximum absolute atomic E-state index is 8.94. The van der Waals surface area contributed by atoms with Crippen molar-refractivity contribution >= 4 is 0 Å². The lowest BCUT2D eigenvalue weighted by Crippen LogP contribution is -2.41. The molecule has 5 heteroatoms. The highest BCUT2D eigenvalue weighted by molar-refractivity contribution is 4.99. The monoisotopic (exact) mass is 186 g/mol. The van der Waals surface area contributed by atoms with Crippen molar-refractivity contribution in [2.24, 2.45) is 5.73 Å². The van der Waals surface area contributed by atoms with Gasteiger partial charge in [0.05, 0.1) is 12.7 Å². The van der Waals surface area contributed by atoms with Crippen molar-refractivity contribution < 1.29 is 14.6 Å². The molecule has 1 saturated heterocycles. The first-order valence-corrected chi connectivity index (χ1v) is 4.12. The first-order chi connectivity index (χ1) is 6.00. The summed E-state index contributed by atoms with van der Waals surface area (Å²) in [5.74, 6) is -0.771. The smallest absolute Gasteiger partial charge is 0.164 e. The Labute approximate surface area is 77.0 Å². The number of rotatable bonds is 2. The standard InChI is InChI=1S/C8H14N2O3/c1-8(2)12-6(4-11)7(13-8)5(10)3-9/h5-7,11H,4,10H2,1-2H3/t5-,6+,7+/m1/s1. The van der Waals surface area contributed by atoms with Crippen molar-refractivity contribution in [2.75, 3.05) is 6.61 Å². The summed E-state index contributed by atoms with van der Waals surface area (Å²) in [6, 6.07) is 1.11. The summed E-state index contributed by atoms with van der Waals surface area (Å²) in [5.41, 5.74) is 5.49. The van der Waals surface area contributed by atoms with Crippen molar-refractivity contribution in [2.45, 2.75) is 37.9 Å². The third kappa shape index (κ3) is 2.17. The highest BCUT2D eigenvalue weighted by atomic mass is 16.8. The van der Waals surface area contributed by atoms with Gasteiger partial charge in [-0.1, -0.05) is 0 Å². The van der Waals surface area contributed by atoms with Gasteiger partial charge in [-0.25, -0.2) is 0 Å². The molecule has 0 saturated carbocycles. The molecule has 0 aromatic carbocycles. The Balaban J connectivity index is 2.70. The molecule has 1 fully saturated rings. The Bertz CT molecular complexity index is 224. The van der Waals surface area contributed by atoms with Crippen molar-refractivity contribution in [1.29, 1.82) is 5.26 Å². The number of aliphatic hydroxyl groups is 1. The molecule has 1 heterocycles. The Hall–Kier alpha value is -0.670. The van der Waals surface area contributed by atoms with Crippen LogP contribution in [0.25, 0.3) is 0 Å². The van der Waals surface area contributed by atoms with Crippen LogP contribution in [0.1, 0.15) is 13.8 Å². The third-order valence-electron chi connectivity index (χ3n) is 1.90. The first kappa shape index (κ1) is 10.4. The van der Waals surface area contributed by atoms with Crippen LogP contribution >= 0.6 is 0 Å². The van der Waals surface area contributed by atoms with Crippen LogP contribution in [0.2, 0.25) is 0 Å². The van der Waals surface area contributed by atoms with E-state index >= 15 is 0 Å². The Kier molecular flexibility index (Phi) is 2.88. The number of hydrogen-bond acceptors (Lipinski definition) is 5. The van der Waals surface area contributed by atoms with E-state index in [-0.39, 0.29) is 6.61 Å². The number of aliphatic hydroxyl groups excluding tert-OH is 1. The molecule has 1 rings (SSSR count). The minimum absolute atomic E-state index is 0.191. The average Bonchev–Trinajstić information content (AvgIpc) is 2.39. The second-order valence-corrected chi connectivity index (χ2v) is 3.48. The van der Waals surface area contributed by atoms with E-state index in [0.29, 0.717) is 0 Å². The van der Waals surface area contributed by atoms with E-state index < -0.39 is 24.0 Å². The third-order valence-corrected chi connectivity index (χ3v) is 1.90. The molecule has 0 aliphatic carbocycles. The minimum Gasteiger partial charge on any atom is -0.394 e. The van der Waals surface area contributed by atoms with Crippen LogP contribution in [0.15, 0.2) is 0 Å². The van der Waals surface area contributed by atoms with Gasteiger partial charge in [0.1, 0.15) is 18.2 Å². The summed E-state index contributed by atoms with van der Waals surface area (Å²) < 4.78 is 10.7. The molecule has 1 aliphatic rings. The predicted octanol–water partition coefficient (Wildman–Crippen LogP) is -0.650. The van der Waals surface area contributed by atoms with Crippen LogP contribution in [0, 0.1) is 11.3 Å². The van der Waals surface area contributed by atoms with E-state index in [1.165, 1.54) is 0 Å². The molecule has 5 nitrogen and oxygen atoms in total. The number of nitriles is 1. The van der Waals surface area contributed by atoms with Gasteiger partial charge in [-0.05, 0) is 13.8 Å². The van der Waals surface area contributed by atoms with Crippen LogP contribution < -0.4 is 5.73 Å². The van der Waals surface area contributed by atoms with E-state index in [9.17, 15) is 0 Å². The SMILES string of the molecule is CC1(C)O[C@@H]([C@H](N)C#N)[C@H](CO)O1. The maximum atomic E-state index is 8.94. The second-order valence-electron chi connectivity index (χ2n) is 3.48. The van der Waals surface area contributed by atoms with Gasteiger partial charge < -0.3 is 20.3 Å². The van der Waals surface area contributed by atoms with Gasteiger partial charge in [0.2, 0.25) is 0 Å². The molecule has 1 aliphatic heterocycles. The lowest BCUT2D eigenvalue weighted by molar-refractivity contribution is -0.149.